The van der Waals surface area contributed by atoms with Crippen LogP contribution >= 0.6 is 0 Å². The molecule has 3 heterocycles. The number of rotatable bonds is 3. The molecule has 1 aromatic heterocycles. The molecule has 27 heavy (non-hydrogen) atoms. The minimum atomic E-state index is 0.169. The van der Waals surface area contributed by atoms with Crippen molar-refractivity contribution in [3.05, 3.63) is 24.4 Å². The second kappa shape index (κ2) is 6.97. The summed E-state index contributed by atoms with van der Waals surface area (Å²) in [6.07, 6.45) is 9.90. The highest BCUT2D eigenvalue weighted by Crippen LogP contribution is 2.60. The Morgan fingerprint density at radius 2 is 2.22 bits per heavy atom. The van der Waals surface area contributed by atoms with Gasteiger partial charge in [0.1, 0.15) is 6.10 Å². The first kappa shape index (κ1) is 17.3. The second-order valence-electron chi connectivity index (χ2n) is 8.50. The van der Waals surface area contributed by atoms with Crippen molar-refractivity contribution in [2.24, 2.45) is 16.3 Å². The number of fused-ring (bicyclic) bond motifs is 2. The van der Waals surface area contributed by atoms with E-state index in [1.165, 1.54) is 32.1 Å². The average molecular weight is 370 g/mol. The predicted octanol–water partition coefficient (Wildman–Crippen LogP) is 2.46. The average Bonchev–Trinajstić information content (AvgIpc) is 3.43. The molecule has 4 unspecified atom stereocenters. The lowest BCUT2D eigenvalue weighted by Crippen LogP contribution is -2.69. The van der Waals surface area contributed by atoms with Crippen molar-refractivity contribution in [1.82, 2.24) is 15.2 Å². The molecule has 1 spiro atoms. The maximum absolute atomic E-state index is 6.12. The van der Waals surface area contributed by atoms with Crippen molar-refractivity contribution >= 4 is 5.96 Å². The predicted molar refractivity (Wildman–Crippen MR) is 104 cm³/mol. The number of aromatic nitrogens is 1. The van der Waals surface area contributed by atoms with Gasteiger partial charge in [-0.25, -0.2) is 4.98 Å². The standard InChI is InChI=1S/C21H30N4O2/c1-22-20(25-12-7-15(14-25)27-17-6-2-5-11-23-17)24-18-16-8-13-26-19(16)21(18)9-3-4-10-21/h2,5-6,11,15-16,18-19H,3-4,7-10,12-14H2,1H3,(H,22,24). The fourth-order valence-corrected chi connectivity index (χ4v) is 5.94. The Morgan fingerprint density at radius 3 is 3.00 bits per heavy atom. The van der Waals surface area contributed by atoms with Gasteiger partial charge in [-0.3, -0.25) is 4.99 Å². The lowest BCUT2D eigenvalue weighted by atomic mass is 9.54. The maximum Gasteiger partial charge on any atom is 0.213 e. The van der Waals surface area contributed by atoms with Gasteiger partial charge in [0.25, 0.3) is 0 Å². The number of guanidine groups is 1. The van der Waals surface area contributed by atoms with E-state index in [2.05, 4.69) is 20.2 Å². The van der Waals surface area contributed by atoms with Crippen LogP contribution in [0.15, 0.2) is 29.4 Å². The van der Waals surface area contributed by atoms with E-state index in [0.29, 0.717) is 29.4 Å². The first-order valence-electron chi connectivity index (χ1n) is 10.5. The zero-order valence-electron chi connectivity index (χ0n) is 16.1. The molecule has 6 nitrogen and oxygen atoms in total. The molecule has 2 saturated heterocycles. The Morgan fingerprint density at radius 1 is 1.33 bits per heavy atom. The molecule has 1 aromatic rings. The third-order valence-corrected chi connectivity index (χ3v) is 7.15. The van der Waals surface area contributed by atoms with Crippen LogP contribution in [0.5, 0.6) is 5.88 Å². The minimum Gasteiger partial charge on any atom is -0.472 e. The van der Waals surface area contributed by atoms with E-state index in [1.54, 1.807) is 6.20 Å². The first-order valence-corrected chi connectivity index (χ1v) is 10.5. The molecular weight excluding hydrogens is 340 g/mol. The quantitative estimate of drug-likeness (QED) is 0.654. The zero-order valence-corrected chi connectivity index (χ0v) is 16.1. The summed E-state index contributed by atoms with van der Waals surface area (Å²) in [6, 6.07) is 6.32. The number of aliphatic imine (C=N–C) groups is 1. The van der Waals surface area contributed by atoms with Crippen molar-refractivity contribution in [1.29, 1.82) is 0 Å². The second-order valence-corrected chi connectivity index (χ2v) is 8.50. The van der Waals surface area contributed by atoms with E-state index in [9.17, 15) is 0 Å². The van der Waals surface area contributed by atoms with Crippen LogP contribution in [0.25, 0.3) is 0 Å². The van der Waals surface area contributed by atoms with Crippen LogP contribution in [0, 0.1) is 11.3 Å². The van der Waals surface area contributed by atoms with E-state index in [0.717, 1.165) is 32.1 Å². The van der Waals surface area contributed by atoms with E-state index in [4.69, 9.17) is 9.47 Å². The van der Waals surface area contributed by atoms with Gasteiger partial charge in [0.2, 0.25) is 5.88 Å². The van der Waals surface area contributed by atoms with Gasteiger partial charge < -0.3 is 19.7 Å². The van der Waals surface area contributed by atoms with Gasteiger partial charge >= 0.3 is 0 Å². The normalized spacial score (nSPS) is 34.6. The highest BCUT2D eigenvalue weighted by molar-refractivity contribution is 5.81. The van der Waals surface area contributed by atoms with Crippen LogP contribution in [0.4, 0.5) is 0 Å². The molecule has 0 bridgehead atoms. The summed E-state index contributed by atoms with van der Waals surface area (Å²) in [5, 5.41) is 3.86. The molecule has 0 aromatic carbocycles. The van der Waals surface area contributed by atoms with Crippen LogP contribution < -0.4 is 10.1 Å². The van der Waals surface area contributed by atoms with Crippen LogP contribution in [-0.4, -0.2) is 60.8 Å². The molecule has 1 N–H and O–H groups in total. The largest absolute Gasteiger partial charge is 0.472 e. The maximum atomic E-state index is 6.12. The number of hydrogen-bond donors (Lipinski definition) is 1. The van der Waals surface area contributed by atoms with Crippen LogP contribution in [0.2, 0.25) is 0 Å². The van der Waals surface area contributed by atoms with E-state index >= 15 is 0 Å². The van der Waals surface area contributed by atoms with Crippen molar-refractivity contribution in [2.75, 3.05) is 26.7 Å². The molecule has 4 aliphatic rings. The lowest BCUT2D eigenvalue weighted by molar-refractivity contribution is -0.125. The Labute approximate surface area is 161 Å². The fourth-order valence-electron chi connectivity index (χ4n) is 5.94. The van der Waals surface area contributed by atoms with Crippen LogP contribution in [-0.2, 0) is 4.74 Å². The summed E-state index contributed by atoms with van der Waals surface area (Å²) in [4.78, 5) is 11.3. The van der Waals surface area contributed by atoms with Crippen molar-refractivity contribution in [2.45, 2.75) is 56.8 Å². The topological polar surface area (TPSA) is 59.0 Å². The molecule has 146 valence electrons. The third-order valence-electron chi connectivity index (χ3n) is 7.15. The number of likely N-dealkylation sites (tertiary alicyclic amines) is 1. The van der Waals surface area contributed by atoms with Crippen LogP contribution in [0.1, 0.15) is 38.5 Å². The van der Waals surface area contributed by atoms with Gasteiger partial charge in [-0.15, -0.1) is 0 Å². The minimum absolute atomic E-state index is 0.169. The van der Waals surface area contributed by atoms with E-state index in [-0.39, 0.29) is 6.10 Å². The smallest absolute Gasteiger partial charge is 0.213 e. The third kappa shape index (κ3) is 2.89. The molecular formula is C21H30N4O2. The highest BCUT2D eigenvalue weighted by atomic mass is 16.5. The Bertz CT molecular complexity index is 689. The van der Waals surface area contributed by atoms with Gasteiger partial charge in [0, 0.05) is 56.3 Å². The van der Waals surface area contributed by atoms with Crippen LogP contribution in [0.3, 0.4) is 0 Å². The molecule has 4 fully saturated rings. The Kier molecular flexibility index (Phi) is 4.46. The number of pyridine rings is 1. The number of hydrogen-bond acceptors (Lipinski definition) is 4. The van der Waals surface area contributed by atoms with Gasteiger partial charge in [-0.05, 0) is 25.3 Å². The van der Waals surface area contributed by atoms with Crippen molar-refractivity contribution in [3.8, 4) is 5.88 Å². The summed E-state index contributed by atoms with van der Waals surface area (Å²) in [7, 11) is 1.90. The summed E-state index contributed by atoms with van der Waals surface area (Å²) in [5.74, 6) is 2.40. The molecule has 5 rings (SSSR count). The zero-order chi connectivity index (χ0) is 18.3. The monoisotopic (exact) mass is 370 g/mol. The lowest BCUT2D eigenvalue weighted by Gasteiger charge is -2.57. The summed E-state index contributed by atoms with van der Waals surface area (Å²) >= 11 is 0. The SMILES string of the molecule is CN=C(NC1C2CCOC2C12CCCC2)N1CCC(Oc2ccccn2)C1. The fraction of sp³-hybridized carbons (Fsp3) is 0.714. The number of ether oxygens (including phenoxy) is 2. The molecule has 2 aliphatic heterocycles. The van der Waals surface area contributed by atoms with Gasteiger partial charge in [-0.1, -0.05) is 18.9 Å². The van der Waals surface area contributed by atoms with Crippen molar-refractivity contribution in [3.63, 3.8) is 0 Å². The summed E-state index contributed by atoms with van der Waals surface area (Å²) in [6.45, 7) is 2.76. The summed E-state index contributed by atoms with van der Waals surface area (Å²) < 4.78 is 12.2. The van der Waals surface area contributed by atoms with Gasteiger partial charge in [0.15, 0.2) is 5.96 Å². The molecule has 4 atom stereocenters. The molecule has 0 amide bonds. The van der Waals surface area contributed by atoms with Crippen molar-refractivity contribution < 1.29 is 9.47 Å². The molecule has 2 aliphatic carbocycles. The number of nitrogens with zero attached hydrogens (tertiary/aromatic N) is 3. The van der Waals surface area contributed by atoms with E-state index < -0.39 is 0 Å². The molecule has 6 heteroatoms. The Balaban J connectivity index is 1.24. The Hall–Kier alpha value is -1.82. The molecule has 0 radical (unpaired) electrons. The highest BCUT2D eigenvalue weighted by Gasteiger charge is 2.65. The first-order chi connectivity index (χ1) is 13.3. The summed E-state index contributed by atoms with van der Waals surface area (Å²) in [5.41, 5.74) is 0.348. The van der Waals surface area contributed by atoms with E-state index in [1.807, 2.05) is 25.2 Å². The van der Waals surface area contributed by atoms with Gasteiger partial charge in [0.05, 0.1) is 12.6 Å². The van der Waals surface area contributed by atoms with Gasteiger partial charge in [-0.2, -0.15) is 0 Å². The number of nitrogens with one attached hydrogen (secondary N) is 1. The molecule has 2 saturated carbocycles.